The lowest BCUT2D eigenvalue weighted by atomic mass is 10.1. The van der Waals surface area contributed by atoms with Gasteiger partial charge in [-0.25, -0.2) is 0 Å². The van der Waals surface area contributed by atoms with Crippen molar-refractivity contribution in [1.82, 2.24) is 0 Å². The molecule has 0 unspecified atom stereocenters. The molecule has 0 atom stereocenters. The van der Waals surface area contributed by atoms with Crippen LogP contribution in [0.2, 0.25) is 0 Å². The number of methoxy groups -OCH3 is 2. The molecule has 102 valence electrons. The maximum Gasteiger partial charge on any atom is 0.120 e. The first kappa shape index (κ1) is 14.8. The molecular formula is C14H24N2O2. The van der Waals surface area contributed by atoms with Crippen molar-refractivity contribution < 1.29 is 9.47 Å². The number of anilines is 1. The second-order valence-electron chi connectivity index (χ2n) is 4.48. The molecule has 4 nitrogen and oxygen atoms in total. The monoisotopic (exact) mass is 252 g/mol. The Kier molecular flexibility index (Phi) is 5.95. The summed E-state index contributed by atoms with van der Waals surface area (Å²) in [5.41, 5.74) is 8.06. The zero-order chi connectivity index (χ0) is 13.5. The largest absolute Gasteiger partial charge is 0.497 e. The zero-order valence-electron chi connectivity index (χ0n) is 11.8. The summed E-state index contributed by atoms with van der Waals surface area (Å²) in [5.74, 6) is 0.852. The number of ether oxygens (including phenoxy) is 2. The van der Waals surface area contributed by atoms with Crippen molar-refractivity contribution in [3.05, 3.63) is 23.8 Å². The molecule has 0 spiro atoms. The Morgan fingerprint density at radius 2 is 2.00 bits per heavy atom. The van der Waals surface area contributed by atoms with E-state index in [-0.39, 0.29) is 0 Å². The minimum absolute atomic E-state index is 0.387. The maximum absolute atomic E-state index is 5.81. The summed E-state index contributed by atoms with van der Waals surface area (Å²) in [4.78, 5) is 2.29. The summed E-state index contributed by atoms with van der Waals surface area (Å²) in [7, 11) is 3.39. The van der Waals surface area contributed by atoms with Crippen molar-refractivity contribution in [2.45, 2.75) is 26.4 Å². The van der Waals surface area contributed by atoms with E-state index in [4.69, 9.17) is 15.2 Å². The van der Waals surface area contributed by atoms with Crippen LogP contribution in [0.5, 0.6) is 5.75 Å². The third-order valence-electron chi connectivity index (χ3n) is 2.98. The van der Waals surface area contributed by atoms with Gasteiger partial charge in [-0.1, -0.05) is 6.07 Å². The average Bonchev–Trinajstić information content (AvgIpc) is 2.38. The van der Waals surface area contributed by atoms with Gasteiger partial charge in [0.25, 0.3) is 0 Å². The molecule has 1 rings (SSSR count). The van der Waals surface area contributed by atoms with Gasteiger partial charge in [0.2, 0.25) is 0 Å². The van der Waals surface area contributed by atoms with Crippen LogP contribution in [0.4, 0.5) is 5.69 Å². The Labute approximate surface area is 110 Å². The molecule has 18 heavy (non-hydrogen) atoms. The number of hydrogen-bond acceptors (Lipinski definition) is 4. The molecule has 0 amide bonds. The van der Waals surface area contributed by atoms with Crippen LogP contribution in [-0.4, -0.2) is 33.4 Å². The number of rotatable bonds is 7. The predicted octanol–water partition coefficient (Wildman–Crippen LogP) is 2.02. The van der Waals surface area contributed by atoms with Crippen molar-refractivity contribution in [3.8, 4) is 5.75 Å². The zero-order valence-corrected chi connectivity index (χ0v) is 11.8. The van der Waals surface area contributed by atoms with E-state index in [1.54, 1.807) is 14.2 Å². The molecule has 0 saturated heterocycles. The lowest BCUT2D eigenvalue weighted by Crippen LogP contribution is -2.34. The van der Waals surface area contributed by atoms with Gasteiger partial charge in [-0.05, 0) is 25.5 Å². The van der Waals surface area contributed by atoms with E-state index in [0.29, 0.717) is 19.2 Å². The summed E-state index contributed by atoms with van der Waals surface area (Å²) in [5, 5.41) is 0. The van der Waals surface area contributed by atoms with E-state index in [9.17, 15) is 0 Å². The van der Waals surface area contributed by atoms with E-state index in [1.165, 1.54) is 0 Å². The van der Waals surface area contributed by atoms with Crippen molar-refractivity contribution in [2.75, 3.05) is 32.3 Å². The molecule has 0 radical (unpaired) electrons. The molecule has 4 heteroatoms. The van der Waals surface area contributed by atoms with E-state index in [2.05, 4.69) is 18.7 Å². The second-order valence-corrected chi connectivity index (χ2v) is 4.48. The maximum atomic E-state index is 5.81. The first-order valence-corrected chi connectivity index (χ1v) is 6.26. The van der Waals surface area contributed by atoms with Crippen molar-refractivity contribution in [2.24, 2.45) is 5.73 Å². The Bertz CT molecular complexity index is 367. The summed E-state index contributed by atoms with van der Waals surface area (Å²) < 4.78 is 10.5. The van der Waals surface area contributed by atoms with Crippen LogP contribution in [0.25, 0.3) is 0 Å². The van der Waals surface area contributed by atoms with Crippen LogP contribution in [-0.2, 0) is 11.3 Å². The minimum atomic E-state index is 0.387. The number of benzene rings is 1. The minimum Gasteiger partial charge on any atom is -0.497 e. The molecule has 0 bridgehead atoms. The number of hydrogen-bond donors (Lipinski definition) is 1. The Morgan fingerprint density at radius 1 is 1.28 bits per heavy atom. The fraction of sp³-hybridized carbons (Fsp3) is 0.571. The SMILES string of the molecule is COCCN(c1cc(OC)ccc1CN)C(C)C. The molecule has 0 aromatic heterocycles. The fourth-order valence-electron chi connectivity index (χ4n) is 1.96. The van der Waals surface area contributed by atoms with Crippen molar-refractivity contribution >= 4 is 5.69 Å². The standard InChI is InChI=1S/C14H24N2O2/c1-11(2)16(7-8-17-3)14-9-13(18-4)6-5-12(14)10-15/h5-6,9,11H,7-8,10,15H2,1-4H3. The molecule has 0 aliphatic carbocycles. The Hall–Kier alpha value is -1.26. The van der Waals surface area contributed by atoms with E-state index in [1.807, 2.05) is 18.2 Å². The summed E-state index contributed by atoms with van der Waals surface area (Å²) in [6.07, 6.45) is 0. The smallest absolute Gasteiger partial charge is 0.120 e. The lowest BCUT2D eigenvalue weighted by molar-refractivity contribution is 0.203. The lowest BCUT2D eigenvalue weighted by Gasteiger charge is -2.31. The molecule has 0 aliphatic rings. The van der Waals surface area contributed by atoms with Gasteiger partial charge >= 0.3 is 0 Å². The highest BCUT2D eigenvalue weighted by molar-refractivity contribution is 5.58. The predicted molar refractivity (Wildman–Crippen MR) is 75.2 cm³/mol. The van der Waals surface area contributed by atoms with Gasteiger partial charge in [0.1, 0.15) is 5.75 Å². The van der Waals surface area contributed by atoms with Gasteiger partial charge < -0.3 is 20.1 Å². The fourth-order valence-corrected chi connectivity index (χ4v) is 1.96. The number of nitrogens with two attached hydrogens (primary N) is 1. The summed E-state index contributed by atoms with van der Waals surface area (Å²) in [6, 6.07) is 6.40. The van der Waals surface area contributed by atoms with Crippen LogP contribution in [0.15, 0.2) is 18.2 Å². The molecule has 2 N–H and O–H groups in total. The quantitative estimate of drug-likeness (QED) is 0.806. The molecule has 0 aliphatic heterocycles. The first-order valence-electron chi connectivity index (χ1n) is 6.26. The van der Waals surface area contributed by atoms with Gasteiger partial charge in [0.05, 0.1) is 13.7 Å². The molecule has 0 saturated carbocycles. The highest BCUT2D eigenvalue weighted by atomic mass is 16.5. The topological polar surface area (TPSA) is 47.7 Å². The van der Waals surface area contributed by atoms with E-state index < -0.39 is 0 Å². The van der Waals surface area contributed by atoms with Crippen LogP contribution < -0.4 is 15.4 Å². The highest BCUT2D eigenvalue weighted by Crippen LogP contribution is 2.27. The normalized spacial score (nSPS) is 10.8. The van der Waals surface area contributed by atoms with E-state index in [0.717, 1.165) is 23.5 Å². The first-order chi connectivity index (χ1) is 8.63. The molecular weight excluding hydrogens is 228 g/mol. The number of nitrogens with zero attached hydrogens (tertiary/aromatic N) is 1. The Morgan fingerprint density at radius 3 is 2.50 bits per heavy atom. The third-order valence-corrected chi connectivity index (χ3v) is 2.98. The van der Waals surface area contributed by atoms with Gasteiger partial charge in [-0.15, -0.1) is 0 Å². The van der Waals surface area contributed by atoms with Crippen LogP contribution >= 0.6 is 0 Å². The highest BCUT2D eigenvalue weighted by Gasteiger charge is 2.14. The van der Waals surface area contributed by atoms with Crippen molar-refractivity contribution in [3.63, 3.8) is 0 Å². The molecule has 1 aromatic rings. The van der Waals surface area contributed by atoms with Crippen molar-refractivity contribution in [1.29, 1.82) is 0 Å². The van der Waals surface area contributed by atoms with Gasteiger partial charge in [0.15, 0.2) is 0 Å². The Balaban J connectivity index is 3.07. The van der Waals surface area contributed by atoms with Crippen LogP contribution in [0, 0.1) is 0 Å². The average molecular weight is 252 g/mol. The molecule has 1 aromatic carbocycles. The van der Waals surface area contributed by atoms with Crippen LogP contribution in [0.1, 0.15) is 19.4 Å². The second kappa shape index (κ2) is 7.24. The van der Waals surface area contributed by atoms with Gasteiger partial charge in [-0.2, -0.15) is 0 Å². The molecule has 0 heterocycles. The van der Waals surface area contributed by atoms with Gasteiger partial charge in [0, 0.05) is 38.0 Å². The molecule has 0 fully saturated rings. The van der Waals surface area contributed by atoms with Crippen LogP contribution in [0.3, 0.4) is 0 Å². The summed E-state index contributed by atoms with van der Waals surface area (Å²) >= 11 is 0. The third kappa shape index (κ3) is 3.62. The summed E-state index contributed by atoms with van der Waals surface area (Å²) in [6.45, 7) is 6.38. The van der Waals surface area contributed by atoms with Gasteiger partial charge in [-0.3, -0.25) is 0 Å². The van der Waals surface area contributed by atoms with E-state index >= 15 is 0 Å².